The monoisotopic (exact) mass is 373 g/mol. The number of anilines is 1. The average molecular weight is 373 g/mol. The molecule has 0 saturated carbocycles. The summed E-state index contributed by atoms with van der Waals surface area (Å²) in [5.74, 6) is 0.783. The van der Waals surface area contributed by atoms with Gasteiger partial charge in [-0.1, -0.05) is 30.3 Å². The molecule has 0 saturated heterocycles. The maximum atomic E-state index is 12.1. The van der Waals surface area contributed by atoms with E-state index in [0.29, 0.717) is 30.5 Å². The second-order valence-corrected chi connectivity index (χ2v) is 6.13. The van der Waals surface area contributed by atoms with E-state index in [0.717, 1.165) is 16.5 Å². The van der Waals surface area contributed by atoms with Gasteiger partial charge in [0.05, 0.1) is 17.7 Å². The lowest BCUT2D eigenvalue weighted by molar-refractivity contribution is 0.0526. The van der Waals surface area contributed by atoms with E-state index in [2.05, 4.69) is 20.3 Å². The van der Waals surface area contributed by atoms with Crippen molar-refractivity contribution in [3.63, 3.8) is 0 Å². The summed E-state index contributed by atoms with van der Waals surface area (Å²) in [5, 5.41) is 4.12. The highest BCUT2D eigenvalue weighted by molar-refractivity contribution is 5.98. The first kappa shape index (κ1) is 17.7. The summed E-state index contributed by atoms with van der Waals surface area (Å²) in [5.41, 5.74) is 2.32. The summed E-state index contributed by atoms with van der Waals surface area (Å²) in [6.45, 7) is 2.71. The Hall–Kier alpha value is -3.74. The smallest absolute Gasteiger partial charge is 0.338 e. The van der Waals surface area contributed by atoms with Crippen molar-refractivity contribution in [2.24, 2.45) is 0 Å². The largest absolute Gasteiger partial charge is 0.462 e. The van der Waals surface area contributed by atoms with Gasteiger partial charge in [0.15, 0.2) is 0 Å². The molecule has 0 amide bonds. The molecule has 0 atom stereocenters. The number of ether oxygens (including phenoxy) is 1. The molecule has 0 aliphatic rings. The number of carbonyl (C=O) groups excluding carboxylic acids is 1. The number of aromatic nitrogens is 4. The number of fused-ring (bicyclic) bond motifs is 1. The van der Waals surface area contributed by atoms with Crippen LogP contribution in [0.3, 0.4) is 0 Å². The molecule has 28 heavy (non-hydrogen) atoms. The fourth-order valence-electron chi connectivity index (χ4n) is 2.87. The molecule has 2 aromatic carbocycles. The van der Waals surface area contributed by atoms with Crippen LogP contribution in [-0.4, -0.2) is 32.1 Å². The van der Waals surface area contributed by atoms with E-state index >= 15 is 0 Å². The minimum Gasteiger partial charge on any atom is -0.462 e. The highest BCUT2D eigenvalue weighted by Crippen LogP contribution is 2.24. The minimum atomic E-state index is -0.364. The van der Waals surface area contributed by atoms with Crippen molar-refractivity contribution in [3.05, 3.63) is 78.4 Å². The summed E-state index contributed by atoms with van der Waals surface area (Å²) in [6.07, 6.45) is 5.11. The van der Waals surface area contributed by atoms with Gasteiger partial charge in [-0.2, -0.15) is 4.98 Å². The van der Waals surface area contributed by atoms with Crippen LogP contribution < -0.4 is 5.32 Å². The molecule has 7 nitrogen and oxygen atoms in total. The molecule has 2 heterocycles. The standard InChI is InChI=1S/C21H19N5O2/c1-2-28-20(27)16-8-9-18-17(12-16)19(23-13-15-6-4-3-5-7-15)25-21(24-18)26-11-10-22-14-26/h3-12,14H,2,13H2,1H3,(H,23,24,25). The zero-order valence-electron chi connectivity index (χ0n) is 15.4. The molecule has 0 aliphatic heterocycles. The molecule has 7 heteroatoms. The summed E-state index contributed by atoms with van der Waals surface area (Å²) < 4.78 is 6.86. The van der Waals surface area contributed by atoms with E-state index < -0.39 is 0 Å². The predicted octanol–water partition coefficient (Wildman–Crippen LogP) is 3.60. The highest BCUT2D eigenvalue weighted by atomic mass is 16.5. The van der Waals surface area contributed by atoms with Gasteiger partial charge in [-0.25, -0.2) is 14.8 Å². The minimum absolute atomic E-state index is 0.325. The van der Waals surface area contributed by atoms with Gasteiger partial charge in [-0.15, -0.1) is 0 Å². The number of imidazole rings is 1. The number of hydrogen-bond acceptors (Lipinski definition) is 6. The van der Waals surface area contributed by atoms with Gasteiger partial charge in [-0.05, 0) is 30.7 Å². The second kappa shape index (κ2) is 7.87. The van der Waals surface area contributed by atoms with Crippen LogP contribution in [0, 0.1) is 0 Å². The van der Waals surface area contributed by atoms with Gasteiger partial charge < -0.3 is 10.1 Å². The first-order valence-corrected chi connectivity index (χ1v) is 8.99. The van der Waals surface area contributed by atoms with Crippen LogP contribution in [0.15, 0.2) is 67.3 Å². The van der Waals surface area contributed by atoms with Gasteiger partial charge in [0.25, 0.3) is 0 Å². The maximum Gasteiger partial charge on any atom is 0.338 e. The van der Waals surface area contributed by atoms with Crippen molar-refractivity contribution in [3.8, 4) is 5.95 Å². The second-order valence-electron chi connectivity index (χ2n) is 6.13. The van der Waals surface area contributed by atoms with E-state index in [1.807, 2.05) is 30.3 Å². The average Bonchev–Trinajstić information content (AvgIpc) is 3.27. The lowest BCUT2D eigenvalue weighted by Gasteiger charge is -2.12. The molecule has 0 aliphatic carbocycles. The number of nitrogens with one attached hydrogen (secondary N) is 1. The molecule has 0 unspecified atom stereocenters. The number of hydrogen-bond donors (Lipinski definition) is 1. The van der Waals surface area contributed by atoms with Crippen LogP contribution in [-0.2, 0) is 11.3 Å². The van der Waals surface area contributed by atoms with Crippen molar-refractivity contribution in [1.82, 2.24) is 19.5 Å². The first-order chi connectivity index (χ1) is 13.7. The van der Waals surface area contributed by atoms with E-state index in [-0.39, 0.29) is 5.97 Å². The van der Waals surface area contributed by atoms with Crippen LogP contribution in [0.4, 0.5) is 5.82 Å². The molecule has 4 rings (SSSR count). The topological polar surface area (TPSA) is 81.9 Å². The zero-order valence-corrected chi connectivity index (χ0v) is 15.4. The van der Waals surface area contributed by atoms with Gasteiger partial charge in [0, 0.05) is 24.3 Å². The Bertz CT molecular complexity index is 1090. The van der Waals surface area contributed by atoms with Crippen molar-refractivity contribution in [1.29, 1.82) is 0 Å². The molecule has 1 N–H and O–H groups in total. The Kier molecular flexibility index (Phi) is 4.97. The van der Waals surface area contributed by atoms with Crippen molar-refractivity contribution >= 4 is 22.7 Å². The Labute approximate surface area is 162 Å². The third-order valence-corrected chi connectivity index (χ3v) is 4.23. The van der Waals surface area contributed by atoms with E-state index in [9.17, 15) is 4.79 Å². The van der Waals surface area contributed by atoms with Crippen LogP contribution >= 0.6 is 0 Å². The molecule has 140 valence electrons. The molecule has 0 fully saturated rings. The summed E-state index contributed by atoms with van der Waals surface area (Å²) in [4.78, 5) is 25.5. The number of rotatable bonds is 6. The Morgan fingerprint density at radius 3 is 2.75 bits per heavy atom. The molecular weight excluding hydrogens is 354 g/mol. The first-order valence-electron chi connectivity index (χ1n) is 8.99. The molecule has 2 aromatic heterocycles. The van der Waals surface area contributed by atoms with Gasteiger partial charge in [0.1, 0.15) is 12.1 Å². The number of carbonyl (C=O) groups is 1. The van der Waals surface area contributed by atoms with Gasteiger partial charge in [0.2, 0.25) is 5.95 Å². The lowest BCUT2D eigenvalue weighted by Crippen LogP contribution is -2.08. The molecular formula is C21H19N5O2. The van der Waals surface area contributed by atoms with E-state index in [1.54, 1.807) is 48.4 Å². The Morgan fingerprint density at radius 1 is 1.14 bits per heavy atom. The fourth-order valence-corrected chi connectivity index (χ4v) is 2.87. The number of esters is 1. The molecule has 0 radical (unpaired) electrons. The normalized spacial score (nSPS) is 10.8. The third kappa shape index (κ3) is 3.68. The van der Waals surface area contributed by atoms with Crippen LogP contribution in [0.1, 0.15) is 22.8 Å². The third-order valence-electron chi connectivity index (χ3n) is 4.23. The van der Waals surface area contributed by atoms with Crippen molar-refractivity contribution in [2.45, 2.75) is 13.5 Å². The predicted molar refractivity (Wildman–Crippen MR) is 106 cm³/mol. The lowest BCUT2D eigenvalue weighted by atomic mass is 10.1. The highest BCUT2D eigenvalue weighted by Gasteiger charge is 2.13. The molecule has 0 bridgehead atoms. The summed E-state index contributed by atoms with van der Waals surface area (Å²) in [6, 6.07) is 15.3. The van der Waals surface area contributed by atoms with Crippen LogP contribution in [0.25, 0.3) is 16.9 Å². The van der Waals surface area contributed by atoms with E-state index in [1.165, 1.54) is 0 Å². The van der Waals surface area contributed by atoms with Gasteiger partial charge >= 0.3 is 5.97 Å². The van der Waals surface area contributed by atoms with Gasteiger partial charge in [-0.3, -0.25) is 4.57 Å². The van der Waals surface area contributed by atoms with E-state index in [4.69, 9.17) is 4.74 Å². The van der Waals surface area contributed by atoms with Crippen LogP contribution in [0.5, 0.6) is 0 Å². The quantitative estimate of drug-likeness (QED) is 0.520. The molecule has 0 spiro atoms. The zero-order chi connectivity index (χ0) is 19.3. The SMILES string of the molecule is CCOC(=O)c1ccc2nc(-n3ccnc3)nc(NCc3ccccc3)c2c1. The Morgan fingerprint density at radius 2 is 2.00 bits per heavy atom. The summed E-state index contributed by atoms with van der Waals surface area (Å²) >= 11 is 0. The number of nitrogens with zero attached hydrogens (tertiary/aromatic N) is 4. The van der Waals surface area contributed by atoms with Crippen LogP contribution in [0.2, 0.25) is 0 Å². The Balaban J connectivity index is 1.77. The van der Waals surface area contributed by atoms with Crippen molar-refractivity contribution < 1.29 is 9.53 Å². The van der Waals surface area contributed by atoms with Crippen molar-refractivity contribution in [2.75, 3.05) is 11.9 Å². The molecule has 4 aromatic rings. The number of benzene rings is 2. The maximum absolute atomic E-state index is 12.1. The fraction of sp³-hybridized carbons (Fsp3) is 0.143. The summed E-state index contributed by atoms with van der Waals surface area (Å²) in [7, 11) is 0.